The van der Waals surface area contributed by atoms with Crippen LogP contribution in [0.5, 0.6) is 0 Å². The van der Waals surface area contributed by atoms with Crippen molar-refractivity contribution in [2.45, 2.75) is 57.2 Å². The fourth-order valence-electron chi connectivity index (χ4n) is 6.36. The van der Waals surface area contributed by atoms with Crippen LogP contribution in [-0.4, -0.2) is 81.1 Å². The fraction of sp³-hybridized carbons (Fsp3) is 0.531. The Labute approximate surface area is 251 Å². The molecule has 1 aromatic carbocycles. The molecule has 43 heavy (non-hydrogen) atoms. The minimum absolute atomic E-state index is 0.148. The van der Waals surface area contributed by atoms with Crippen LogP contribution in [0.2, 0.25) is 0 Å². The second kappa shape index (κ2) is 14.3. The number of carbonyl (C=O) groups excluding carboxylic acids is 2. The minimum Gasteiger partial charge on any atom is -0.401 e. The average molecular weight is 598 g/mol. The molecule has 5 rings (SSSR count). The maximum Gasteiger partial charge on any atom is 0.341 e. The molecule has 2 unspecified atom stereocenters. The smallest absolute Gasteiger partial charge is 0.341 e. The zero-order valence-corrected chi connectivity index (χ0v) is 24.6. The maximum absolute atomic E-state index is 13.9. The van der Waals surface area contributed by atoms with Crippen LogP contribution in [-0.2, 0) is 9.53 Å². The highest BCUT2D eigenvalue weighted by Gasteiger charge is 2.28. The average Bonchev–Trinajstić information content (AvgIpc) is 2.98. The molecule has 1 amide bonds. The van der Waals surface area contributed by atoms with Gasteiger partial charge >= 0.3 is 5.91 Å². The Hall–Kier alpha value is -3.57. The molecule has 11 heteroatoms. The monoisotopic (exact) mass is 597 g/mol. The van der Waals surface area contributed by atoms with Gasteiger partial charge in [-0.05, 0) is 74.8 Å². The van der Waals surface area contributed by atoms with Crippen molar-refractivity contribution in [1.29, 1.82) is 0 Å². The quantitative estimate of drug-likeness (QED) is 0.196. The highest BCUT2D eigenvalue weighted by Crippen LogP contribution is 2.34. The van der Waals surface area contributed by atoms with Gasteiger partial charge in [0.25, 0.3) is 5.84 Å². The molecule has 0 aromatic heterocycles. The van der Waals surface area contributed by atoms with E-state index in [9.17, 15) is 18.4 Å². The Balaban J connectivity index is 1.30. The third-order valence-corrected chi connectivity index (χ3v) is 8.76. The Morgan fingerprint density at radius 2 is 1.93 bits per heavy atom. The number of hydrogen-bond acceptors (Lipinski definition) is 7. The highest BCUT2D eigenvalue weighted by atomic mass is 19.1. The van der Waals surface area contributed by atoms with E-state index in [0.717, 1.165) is 62.3 Å². The van der Waals surface area contributed by atoms with Gasteiger partial charge in [0.1, 0.15) is 12.5 Å². The Bertz CT molecular complexity index is 1300. The van der Waals surface area contributed by atoms with Crippen LogP contribution in [0, 0.1) is 5.92 Å². The predicted molar refractivity (Wildman–Crippen MR) is 163 cm³/mol. The SMILES string of the molecule is NC1=C(C(=[NH2+])NC(=O)c2ccc(N3CCN(CC=O)CC3)cc2NC2CCOCC2)C=C(CC2C=C(F)CC(F)C2)CC1. The maximum atomic E-state index is 13.9. The third kappa shape index (κ3) is 8.08. The van der Waals surface area contributed by atoms with E-state index >= 15 is 0 Å². The van der Waals surface area contributed by atoms with E-state index in [1.165, 1.54) is 6.08 Å². The van der Waals surface area contributed by atoms with Gasteiger partial charge in [0.15, 0.2) is 0 Å². The van der Waals surface area contributed by atoms with Gasteiger partial charge in [-0.2, -0.15) is 0 Å². The predicted octanol–water partition coefficient (Wildman–Crippen LogP) is 2.41. The van der Waals surface area contributed by atoms with Gasteiger partial charge in [-0.1, -0.05) is 5.57 Å². The summed E-state index contributed by atoms with van der Waals surface area (Å²) in [6, 6.07) is 5.94. The molecule has 9 nitrogen and oxygen atoms in total. The standard InChI is InChI=1S/C32H42F2N6O3/c33-23-16-22(17-24(34)19-23)15-21-1-4-29(35)28(18-21)31(36)38-32(42)27-3-2-26(40-9-7-39(8-10-40)11-12-41)20-30(27)37-25-5-13-43-14-6-25/h2-3,12,16,18,20,22,24-25,37H,1,4-11,13-15,17,19,35H2,(H2,36,38,42)/p+1. The Morgan fingerprint density at radius 1 is 1.16 bits per heavy atom. The molecule has 0 bridgehead atoms. The van der Waals surface area contributed by atoms with Gasteiger partial charge < -0.3 is 25.5 Å². The first-order chi connectivity index (χ1) is 20.8. The molecular weight excluding hydrogens is 554 g/mol. The fourth-order valence-corrected chi connectivity index (χ4v) is 6.36. The molecule has 4 aliphatic rings. The molecule has 2 fully saturated rings. The number of amides is 1. The van der Waals surface area contributed by atoms with E-state index in [1.54, 1.807) is 0 Å². The van der Waals surface area contributed by atoms with Crippen molar-refractivity contribution in [3.8, 4) is 0 Å². The van der Waals surface area contributed by atoms with E-state index < -0.39 is 12.0 Å². The van der Waals surface area contributed by atoms with Gasteiger partial charge in [-0.3, -0.25) is 10.3 Å². The van der Waals surface area contributed by atoms with Crippen molar-refractivity contribution in [2.75, 3.05) is 56.2 Å². The highest BCUT2D eigenvalue weighted by molar-refractivity contribution is 6.13. The largest absolute Gasteiger partial charge is 0.401 e. The van der Waals surface area contributed by atoms with Crippen LogP contribution in [0.25, 0.3) is 0 Å². The molecule has 2 atom stereocenters. The molecular formula is C32H43F2N6O3+. The first kappa shape index (κ1) is 30.9. The number of aldehydes is 1. The molecule has 232 valence electrons. The van der Waals surface area contributed by atoms with Gasteiger partial charge in [0.05, 0.1) is 29.2 Å². The van der Waals surface area contributed by atoms with Crippen LogP contribution in [0.15, 0.2) is 53.0 Å². The van der Waals surface area contributed by atoms with E-state index in [-0.39, 0.29) is 30.1 Å². The van der Waals surface area contributed by atoms with Gasteiger partial charge in [0, 0.05) is 63.2 Å². The van der Waals surface area contributed by atoms with Crippen molar-refractivity contribution in [2.24, 2.45) is 11.7 Å². The van der Waals surface area contributed by atoms with Crippen molar-refractivity contribution in [3.05, 3.63) is 58.6 Å². The van der Waals surface area contributed by atoms with E-state index in [4.69, 9.17) is 15.9 Å². The number of nitrogens with two attached hydrogens (primary N) is 2. The van der Waals surface area contributed by atoms with Crippen molar-refractivity contribution in [3.63, 3.8) is 0 Å². The van der Waals surface area contributed by atoms with Crippen LogP contribution < -0.4 is 26.7 Å². The van der Waals surface area contributed by atoms with Crippen LogP contribution in [0.4, 0.5) is 20.2 Å². The van der Waals surface area contributed by atoms with Crippen LogP contribution in [0.1, 0.15) is 55.3 Å². The summed E-state index contributed by atoms with van der Waals surface area (Å²) in [6.45, 7) is 4.92. The molecule has 6 N–H and O–H groups in total. The summed E-state index contributed by atoms with van der Waals surface area (Å²) in [6.07, 6.45) is 6.73. The van der Waals surface area contributed by atoms with Crippen LogP contribution in [0.3, 0.4) is 0 Å². The summed E-state index contributed by atoms with van der Waals surface area (Å²) < 4.78 is 33.3. The molecule has 2 aliphatic heterocycles. The van der Waals surface area contributed by atoms with Gasteiger partial charge in [-0.25, -0.2) is 18.9 Å². The lowest BCUT2D eigenvalue weighted by Gasteiger charge is -2.35. The number of nitrogens with one attached hydrogen (secondary N) is 2. The molecule has 1 aromatic rings. The van der Waals surface area contributed by atoms with Crippen molar-refractivity contribution in [1.82, 2.24) is 10.2 Å². The third-order valence-electron chi connectivity index (χ3n) is 8.76. The summed E-state index contributed by atoms with van der Waals surface area (Å²) in [5.74, 6) is -0.810. The number of halogens is 2. The number of hydrogen-bond donors (Lipinski definition) is 4. The summed E-state index contributed by atoms with van der Waals surface area (Å²) >= 11 is 0. The van der Waals surface area contributed by atoms with Crippen molar-refractivity contribution < 1.29 is 28.5 Å². The zero-order valence-electron chi connectivity index (χ0n) is 24.6. The zero-order chi connectivity index (χ0) is 30.3. The molecule has 0 radical (unpaired) electrons. The van der Waals surface area contributed by atoms with Crippen molar-refractivity contribution >= 4 is 29.4 Å². The molecule has 0 saturated carbocycles. The molecule has 2 heterocycles. The number of allylic oxidation sites excluding steroid dienone is 4. The molecule has 0 spiro atoms. The molecule has 2 aliphatic carbocycles. The summed E-state index contributed by atoms with van der Waals surface area (Å²) in [4.78, 5) is 28.9. The Morgan fingerprint density at radius 3 is 2.65 bits per heavy atom. The number of amidine groups is 1. The number of benzene rings is 1. The summed E-state index contributed by atoms with van der Waals surface area (Å²) in [5.41, 5.74) is 10.6. The summed E-state index contributed by atoms with van der Waals surface area (Å²) in [7, 11) is 0. The lowest BCUT2D eigenvalue weighted by atomic mass is 9.84. The number of anilines is 2. The summed E-state index contributed by atoms with van der Waals surface area (Å²) in [5, 5.41) is 12.9. The number of nitrogens with zero attached hydrogens (tertiary/aromatic N) is 2. The minimum atomic E-state index is -1.17. The second-order valence-electron chi connectivity index (χ2n) is 11.9. The first-order valence-electron chi connectivity index (χ1n) is 15.3. The normalized spacial score (nSPS) is 23.8. The van der Waals surface area contributed by atoms with Crippen LogP contribution >= 0.6 is 0 Å². The van der Waals surface area contributed by atoms with Gasteiger partial charge in [-0.15, -0.1) is 0 Å². The van der Waals surface area contributed by atoms with E-state index in [2.05, 4.69) is 20.4 Å². The number of carbonyl (C=O) groups is 2. The van der Waals surface area contributed by atoms with E-state index in [0.29, 0.717) is 62.3 Å². The Kier molecular flexibility index (Phi) is 10.2. The van der Waals surface area contributed by atoms with E-state index in [1.807, 2.05) is 24.3 Å². The number of piperazine rings is 1. The molecule has 2 saturated heterocycles. The lowest BCUT2D eigenvalue weighted by molar-refractivity contribution is -0.116. The topological polar surface area (TPSA) is 126 Å². The first-order valence-corrected chi connectivity index (χ1v) is 15.3. The number of rotatable bonds is 9. The number of alkyl halides is 1. The second-order valence-corrected chi connectivity index (χ2v) is 11.9. The number of ether oxygens (including phenoxy) is 1. The lowest BCUT2D eigenvalue weighted by Crippen LogP contribution is -2.52. The van der Waals surface area contributed by atoms with Gasteiger partial charge in [0.2, 0.25) is 0 Å².